The minimum absolute atomic E-state index is 0.177. The molecule has 0 radical (unpaired) electrons. The number of nitrogens with one attached hydrogen (secondary N) is 1. The molecule has 2 heterocycles. The Morgan fingerprint density at radius 3 is 3.16 bits per heavy atom. The number of pyridine rings is 1. The highest BCUT2D eigenvalue weighted by atomic mass is 16.5. The van der Waals surface area contributed by atoms with Gasteiger partial charge in [-0.05, 0) is 42.5 Å². The van der Waals surface area contributed by atoms with Crippen LogP contribution in [0.5, 0.6) is 0 Å². The molecule has 0 amide bonds. The van der Waals surface area contributed by atoms with Crippen LogP contribution < -0.4 is 11.3 Å². The molecule has 1 saturated heterocycles. The van der Waals surface area contributed by atoms with Crippen molar-refractivity contribution >= 4 is 10.9 Å². The summed E-state index contributed by atoms with van der Waals surface area (Å²) < 4.78 is 5.43. The SMILES string of the molecule is NNC(CC1CCOC1)c1ccc2ncccc2c1. The lowest BCUT2D eigenvalue weighted by molar-refractivity contribution is 0.181. The van der Waals surface area contributed by atoms with E-state index in [4.69, 9.17) is 10.6 Å². The van der Waals surface area contributed by atoms with Crippen LogP contribution in [0.15, 0.2) is 36.5 Å². The number of hydrazine groups is 1. The molecule has 0 aliphatic carbocycles. The normalized spacial score (nSPS) is 20.8. The zero-order valence-corrected chi connectivity index (χ0v) is 10.9. The van der Waals surface area contributed by atoms with Gasteiger partial charge in [-0.2, -0.15) is 0 Å². The Kier molecular flexibility index (Phi) is 3.73. The van der Waals surface area contributed by atoms with Crippen LogP contribution in [0.3, 0.4) is 0 Å². The van der Waals surface area contributed by atoms with E-state index in [0.717, 1.165) is 37.0 Å². The molecule has 4 heteroatoms. The molecule has 0 spiro atoms. The number of fused-ring (bicyclic) bond motifs is 1. The van der Waals surface area contributed by atoms with Gasteiger partial charge >= 0.3 is 0 Å². The number of hydrogen-bond donors (Lipinski definition) is 2. The third-order valence-corrected chi connectivity index (χ3v) is 3.82. The van der Waals surface area contributed by atoms with Gasteiger partial charge in [0, 0.05) is 30.8 Å². The predicted octanol–water partition coefficient (Wildman–Crippen LogP) is 2.17. The molecule has 0 saturated carbocycles. The van der Waals surface area contributed by atoms with Crippen LogP contribution in [-0.4, -0.2) is 18.2 Å². The van der Waals surface area contributed by atoms with Gasteiger partial charge in [0.2, 0.25) is 0 Å². The number of rotatable bonds is 4. The standard InChI is InChI=1S/C15H19N3O/c16-18-15(8-11-5-7-19-10-11)13-3-4-14-12(9-13)2-1-6-17-14/h1-4,6,9,11,15,18H,5,7-8,10,16H2. The minimum atomic E-state index is 0.177. The van der Waals surface area contributed by atoms with Crippen molar-refractivity contribution in [1.82, 2.24) is 10.4 Å². The third-order valence-electron chi connectivity index (χ3n) is 3.82. The second-order valence-corrected chi connectivity index (χ2v) is 5.14. The highest BCUT2D eigenvalue weighted by Crippen LogP contribution is 2.27. The van der Waals surface area contributed by atoms with E-state index in [1.165, 1.54) is 5.56 Å². The molecule has 1 aromatic carbocycles. The number of nitrogens with zero attached hydrogens (tertiary/aromatic N) is 1. The molecule has 2 aromatic rings. The van der Waals surface area contributed by atoms with Crippen molar-refractivity contribution in [2.24, 2.45) is 11.8 Å². The maximum Gasteiger partial charge on any atom is 0.0702 e. The first-order valence-corrected chi connectivity index (χ1v) is 6.75. The van der Waals surface area contributed by atoms with E-state index < -0.39 is 0 Å². The Balaban J connectivity index is 1.83. The van der Waals surface area contributed by atoms with Gasteiger partial charge in [-0.3, -0.25) is 16.3 Å². The number of aromatic nitrogens is 1. The van der Waals surface area contributed by atoms with Crippen molar-refractivity contribution in [2.45, 2.75) is 18.9 Å². The Hall–Kier alpha value is -1.49. The molecular weight excluding hydrogens is 238 g/mol. The molecule has 1 aromatic heterocycles. The first kappa shape index (κ1) is 12.5. The molecule has 0 bridgehead atoms. The van der Waals surface area contributed by atoms with Crippen LogP contribution in [0.2, 0.25) is 0 Å². The number of hydrogen-bond acceptors (Lipinski definition) is 4. The van der Waals surface area contributed by atoms with Crippen LogP contribution in [0.4, 0.5) is 0 Å². The predicted molar refractivity (Wildman–Crippen MR) is 75.4 cm³/mol. The van der Waals surface area contributed by atoms with E-state index in [9.17, 15) is 0 Å². The first-order chi connectivity index (χ1) is 9.36. The van der Waals surface area contributed by atoms with Crippen LogP contribution in [0.25, 0.3) is 10.9 Å². The second kappa shape index (κ2) is 5.65. The summed E-state index contributed by atoms with van der Waals surface area (Å²) in [7, 11) is 0. The number of nitrogens with two attached hydrogens (primary N) is 1. The van der Waals surface area contributed by atoms with Crippen molar-refractivity contribution in [3.63, 3.8) is 0 Å². The smallest absolute Gasteiger partial charge is 0.0702 e. The summed E-state index contributed by atoms with van der Waals surface area (Å²) in [4.78, 5) is 4.34. The summed E-state index contributed by atoms with van der Waals surface area (Å²) in [6, 6.07) is 10.6. The molecule has 1 fully saturated rings. The fourth-order valence-corrected chi connectivity index (χ4v) is 2.71. The number of ether oxygens (including phenoxy) is 1. The zero-order chi connectivity index (χ0) is 13.1. The molecule has 2 unspecified atom stereocenters. The summed E-state index contributed by atoms with van der Waals surface area (Å²) in [5.74, 6) is 6.32. The van der Waals surface area contributed by atoms with Crippen LogP contribution >= 0.6 is 0 Å². The monoisotopic (exact) mass is 257 g/mol. The molecule has 3 rings (SSSR count). The van der Waals surface area contributed by atoms with Crippen molar-refractivity contribution < 1.29 is 4.74 Å². The Morgan fingerprint density at radius 1 is 1.42 bits per heavy atom. The van der Waals surface area contributed by atoms with E-state index in [-0.39, 0.29) is 6.04 Å². The van der Waals surface area contributed by atoms with E-state index in [1.54, 1.807) is 0 Å². The van der Waals surface area contributed by atoms with Crippen molar-refractivity contribution in [3.8, 4) is 0 Å². The molecular formula is C15H19N3O. The van der Waals surface area contributed by atoms with Gasteiger partial charge < -0.3 is 4.74 Å². The minimum Gasteiger partial charge on any atom is -0.381 e. The Morgan fingerprint density at radius 2 is 2.37 bits per heavy atom. The molecule has 3 N–H and O–H groups in total. The van der Waals surface area contributed by atoms with Gasteiger partial charge in [0.15, 0.2) is 0 Å². The highest BCUT2D eigenvalue weighted by molar-refractivity contribution is 5.79. The van der Waals surface area contributed by atoms with Crippen LogP contribution in [-0.2, 0) is 4.74 Å². The summed E-state index contributed by atoms with van der Waals surface area (Å²) in [5, 5.41) is 1.16. The molecule has 100 valence electrons. The van der Waals surface area contributed by atoms with Crippen LogP contribution in [0.1, 0.15) is 24.4 Å². The lowest BCUT2D eigenvalue weighted by Crippen LogP contribution is -2.29. The maximum atomic E-state index is 5.72. The summed E-state index contributed by atoms with van der Waals surface area (Å²) >= 11 is 0. The van der Waals surface area contributed by atoms with E-state index in [1.807, 2.05) is 12.3 Å². The summed E-state index contributed by atoms with van der Waals surface area (Å²) in [6.07, 6.45) is 3.96. The van der Waals surface area contributed by atoms with E-state index in [2.05, 4.69) is 34.7 Å². The Bertz CT molecular complexity index is 552. The maximum absolute atomic E-state index is 5.72. The quantitative estimate of drug-likeness (QED) is 0.651. The van der Waals surface area contributed by atoms with Gasteiger partial charge in [-0.1, -0.05) is 12.1 Å². The second-order valence-electron chi connectivity index (χ2n) is 5.14. The zero-order valence-electron chi connectivity index (χ0n) is 10.9. The fourth-order valence-electron chi connectivity index (χ4n) is 2.71. The van der Waals surface area contributed by atoms with Gasteiger partial charge in [0.05, 0.1) is 5.52 Å². The van der Waals surface area contributed by atoms with E-state index in [0.29, 0.717) is 5.92 Å². The molecule has 1 aliphatic heterocycles. The topological polar surface area (TPSA) is 60.2 Å². The lowest BCUT2D eigenvalue weighted by Gasteiger charge is -2.19. The molecule has 19 heavy (non-hydrogen) atoms. The largest absolute Gasteiger partial charge is 0.381 e. The van der Waals surface area contributed by atoms with Gasteiger partial charge in [0.25, 0.3) is 0 Å². The van der Waals surface area contributed by atoms with Crippen LogP contribution in [0, 0.1) is 5.92 Å². The van der Waals surface area contributed by atoms with Gasteiger partial charge in [0.1, 0.15) is 0 Å². The van der Waals surface area contributed by atoms with Gasteiger partial charge in [-0.25, -0.2) is 0 Å². The average Bonchev–Trinajstić information content (AvgIpc) is 2.97. The average molecular weight is 257 g/mol. The third kappa shape index (κ3) is 2.76. The Labute approximate surface area is 112 Å². The van der Waals surface area contributed by atoms with E-state index >= 15 is 0 Å². The summed E-state index contributed by atoms with van der Waals surface area (Å²) in [6.45, 7) is 1.73. The fraction of sp³-hybridized carbons (Fsp3) is 0.400. The van der Waals surface area contributed by atoms with Crippen molar-refractivity contribution in [2.75, 3.05) is 13.2 Å². The molecule has 2 atom stereocenters. The molecule has 4 nitrogen and oxygen atoms in total. The molecule has 1 aliphatic rings. The highest BCUT2D eigenvalue weighted by Gasteiger charge is 2.21. The van der Waals surface area contributed by atoms with Crippen molar-refractivity contribution in [3.05, 3.63) is 42.1 Å². The summed E-state index contributed by atoms with van der Waals surface area (Å²) in [5.41, 5.74) is 5.17. The van der Waals surface area contributed by atoms with Gasteiger partial charge in [-0.15, -0.1) is 0 Å². The first-order valence-electron chi connectivity index (χ1n) is 6.75. The lowest BCUT2D eigenvalue weighted by atomic mass is 9.94. The number of benzene rings is 1. The van der Waals surface area contributed by atoms with Crippen molar-refractivity contribution in [1.29, 1.82) is 0 Å².